The zero-order chi connectivity index (χ0) is 13.9. The lowest BCUT2D eigenvalue weighted by molar-refractivity contribution is 0.252. The zero-order valence-electron chi connectivity index (χ0n) is 12.0. The summed E-state index contributed by atoms with van der Waals surface area (Å²) in [6, 6.07) is 6.12. The molecule has 0 aromatic heterocycles. The Morgan fingerprint density at radius 2 is 2.00 bits per heavy atom. The van der Waals surface area contributed by atoms with E-state index in [1.54, 1.807) is 0 Å². The highest BCUT2D eigenvalue weighted by atomic mass is 127. The van der Waals surface area contributed by atoms with Crippen LogP contribution in [0.3, 0.4) is 0 Å². The van der Waals surface area contributed by atoms with E-state index in [1.165, 1.54) is 41.4 Å². The van der Waals surface area contributed by atoms with E-state index in [2.05, 4.69) is 47.8 Å². The molecule has 3 N–H and O–H groups in total. The van der Waals surface area contributed by atoms with Crippen molar-refractivity contribution in [1.29, 1.82) is 0 Å². The van der Waals surface area contributed by atoms with Crippen LogP contribution < -0.4 is 11.1 Å². The quantitative estimate of drug-likeness (QED) is 0.570. The van der Waals surface area contributed by atoms with Gasteiger partial charge in [-0.2, -0.15) is 0 Å². The van der Waals surface area contributed by atoms with Crippen LogP contribution in [-0.4, -0.2) is 6.54 Å². The first kappa shape index (κ1) is 14.9. The maximum Gasteiger partial charge on any atom is 0.0477 e. The molecular weight excluding hydrogens is 347 g/mol. The first-order valence-electron chi connectivity index (χ1n) is 7.30. The molecule has 0 unspecified atom stereocenters. The lowest BCUT2D eigenvalue weighted by Gasteiger charge is -2.31. The summed E-state index contributed by atoms with van der Waals surface area (Å²) in [5, 5.41) is 3.67. The third kappa shape index (κ3) is 4.01. The molecule has 3 heteroatoms. The van der Waals surface area contributed by atoms with Gasteiger partial charge in [-0.05, 0) is 71.4 Å². The van der Waals surface area contributed by atoms with Crippen molar-refractivity contribution in [2.45, 2.75) is 46.0 Å². The predicted molar refractivity (Wildman–Crippen MR) is 92.4 cm³/mol. The number of benzene rings is 1. The van der Waals surface area contributed by atoms with Crippen LogP contribution in [0.25, 0.3) is 0 Å². The molecule has 1 aliphatic rings. The van der Waals surface area contributed by atoms with Gasteiger partial charge < -0.3 is 11.1 Å². The minimum Gasteiger partial charge on any atom is -0.399 e. The molecule has 1 aliphatic carbocycles. The number of halogens is 1. The summed E-state index contributed by atoms with van der Waals surface area (Å²) in [6.07, 6.45) is 6.89. The summed E-state index contributed by atoms with van der Waals surface area (Å²) in [4.78, 5) is 0. The largest absolute Gasteiger partial charge is 0.399 e. The predicted octanol–water partition coefficient (Wildman–Crippen LogP) is 4.89. The summed E-state index contributed by atoms with van der Waals surface area (Å²) < 4.78 is 1.22. The summed E-state index contributed by atoms with van der Waals surface area (Å²) in [5.74, 6) is 0.783. The first-order chi connectivity index (χ1) is 9.01. The molecule has 1 fully saturated rings. The van der Waals surface area contributed by atoms with Crippen molar-refractivity contribution in [2.24, 2.45) is 11.3 Å². The molecule has 0 radical (unpaired) electrons. The minimum absolute atomic E-state index is 0.513. The highest BCUT2D eigenvalue weighted by Crippen LogP contribution is 2.43. The SMILES string of the molecule is CC(C)CC1(CNc2ccc(N)cc2I)CCCC1. The molecule has 0 bridgehead atoms. The van der Waals surface area contributed by atoms with Crippen molar-refractivity contribution in [3.63, 3.8) is 0 Å². The Balaban J connectivity index is 2.02. The van der Waals surface area contributed by atoms with Gasteiger partial charge in [-0.3, -0.25) is 0 Å². The standard InChI is InChI=1S/C16H25IN2/c1-12(2)10-16(7-3-4-8-16)11-19-15-6-5-13(18)9-14(15)17/h5-6,9,12,19H,3-4,7-8,10-11,18H2,1-2H3. The molecule has 1 saturated carbocycles. The van der Waals surface area contributed by atoms with E-state index >= 15 is 0 Å². The molecular formula is C16H25IN2. The topological polar surface area (TPSA) is 38.0 Å². The molecule has 0 saturated heterocycles. The molecule has 19 heavy (non-hydrogen) atoms. The van der Waals surface area contributed by atoms with Gasteiger partial charge in [-0.15, -0.1) is 0 Å². The number of nitrogens with one attached hydrogen (secondary N) is 1. The molecule has 2 rings (SSSR count). The normalized spacial score (nSPS) is 17.9. The molecule has 0 atom stereocenters. The molecule has 0 spiro atoms. The fraction of sp³-hybridized carbons (Fsp3) is 0.625. The molecule has 1 aromatic carbocycles. The van der Waals surface area contributed by atoms with Crippen LogP contribution in [0.5, 0.6) is 0 Å². The lowest BCUT2D eigenvalue weighted by atomic mass is 9.78. The Hall–Kier alpha value is -0.450. The molecule has 106 valence electrons. The first-order valence-corrected chi connectivity index (χ1v) is 8.38. The number of nitrogen functional groups attached to an aromatic ring is 1. The van der Waals surface area contributed by atoms with E-state index in [4.69, 9.17) is 5.73 Å². The van der Waals surface area contributed by atoms with Crippen molar-refractivity contribution < 1.29 is 0 Å². The second-order valence-electron chi connectivity index (χ2n) is 6.40. The zero-order valence-corrected chi connectivity index (χ0v) is 14.2. The van der Waals surface area contributed by atoms with E-state index in [1.807, 2.05) is 12.1 Å². The van der Waals surface area contributed by atoms with Crippen molar-refractivity contribution >= 4 is 34.0 Å². The number of nitrogens with two attached hydrogens (primary N) is 1. The fourth-order valence-corrected chi connectivity index (χ4v) is 4.13. The summed E-state index contributed by atoms with van der Waals surface area (Å²) >= 11 is 2.36. The van der Waals surface area contributed by atoms with Crippen LogP contribution in [0.2, 0.25) is 0 Å². The van der Waals surface area contributed by atoms with E-state index in [-0.39, 0.29) is 0 Å². The maximum absolute atomic E-state index is 5.81. The van der Waals surface area contributed by atoms with Gasteiger partial charge in [0.1, 0.15) is 0 Å². The third-order valence-corrected chi connectivity index (χ3v) is 5.04. The number of hydrogen-bond donors (Lipinski definition) is 2. The van der Waals surface area contributed by atoms with Crippen LogP contribution in [0.4, 0.5) is 11.4 Å². The molecule has 1 aromatic rings. The second-order valence-corrected chi connectivity index (χ2v) is 7.56. The van der Waals surface area contributed by atoms with Crippen LogP contribution >= 0.6 is 22.6 Å². The van der Waals surface area contributed by atoms with E-state index in [9.17, 15) is 0 Å². The average Bonchev–Trinajstić information content (AvgIpc) is 2.76. The van der Waals surface area contributed by atoms with Gasteiger partial charge in [0.15, 0.2) is 0 Å². The van der Waals surface area contributed by atoms with Gasteiger partial charge in [0, 0.05) is 21.5 Å². The highest BCUT2D eigenvalue weighted by molar-refractivity contribution is 14.1. The minimum atomic E-state index is 0.513. The van der Waals surface area contributed by atoms with Crippen LogP contribution in [0, 0.1) is 14.9 Å². The summed E-state index contributed by atoms with van der Waals surface area (Å²) in [5.41, 5.74) is 8.38. The monoisotopic (exact) mass is 372 g/mol. The maximum atomic E-state index is 5.81. The highest BCUT2D eigenvalue weighted by Gasteiger charge is 2.34. The third-order valence-electron chi connectivity index (χ3n) is 4.15. The van der Waals surface area contributed by atoms with E-state index < -0.39 is 0 Å². The van der Waals surface area contributed by atoms with E-state index in [0.717, 1.165) is 18.2 Å². The van der Waals surface area contributed by atoms with Crippen molar-refractivity contribution in [1.82, 2.24) is 0 Å². The van der Waals surface area contributed by atoms with Gasteiger partial charge in [-0.25, -0.2) is 0 Å². The van der Waals surface area contributed by atoms with Gasteiger partial charge in [-0.1, -0.05) is 26.7 Å². The van der Waals surface area contributed by atoms with Gasteiger partial charge in [0.25, 0.3) is 0 Å². The molecule has 0 amide bonds. The van der Waals surface area contributed by atoms with Gasteiger partial charge in [0.05, 0.1) is 0 Å². The Morgan fingerprint density at radius 1 is 1.32 bits per heavy atom. The van der Waals surface area contributed by atoms with E-state index in [0.29, 0.717) is 5.41 Å². The van der Waals surface area contributed by atoms with Crippen molar-refractivity contribution in [3.05, 3.63) is 21.8 Å². The Bertz CT molecular complexity index is 423. The number of anilines is 2. The number of hydrogen-bond acceptors (Lipinski definition) is 2. The smallest absolute Gasteiger partial charge is 0.0477 e. The lowest BCUT2D eigenvalue weighted by Crippen LogP contribution is -2.28. The summed E-state index contributed by atoms with van der Waals surface area (Å²) in [6.45, 7) is 5.78. The van der Waals surface area contributed by atoms with Crippen LogP contribution in [0.15, 0.2) is 18.2 Å². The molecule has 0 heterocycles. The summed E-state index contributed by atoms with van der Waals surface area (Å²) in [7, 11) is 0. The van der Waals surface area contributed by atoms with Crippen LogP contribution in [-0.2, 0) is 0 Å². The Kier molecular flexibility index (Phi) is 4.98. The second kappa shape index (κ2) is 6.33. The Morgan fingerprint density at radius 3 is 2.58 bits per heavy atom. The average molecular weight is 372 g/mol. The van der Waals surface area contributed by atoms with Crippen LogP contribution in [0.1, 0.15) is 46.0 Å². The van der Waals surface area contributed by atoms with Gasteiger partial charge in [0.2, 0.25) is 0 Å². The molecule has 0 aliphatic heterocycles. The fourth-order valence-electron chi connectivity index (χ4n) is 3.40. The van der Waals surface area contributed by atoms with Crippen molar-refractivity contribution in [2.75, 3.05) is 17.6 Å². The van der Waals surface area contributed by atoms with Gasteiger partial charge >= 0.3 is 0 Å². The molecule has 2 nitrogen and oxygen atoms in total. The van der Waals surface area contributed by atoms with Crippen molar-refractivity contribution in [3.8, 4) is 0 Å². The Labute approximate surface area is 130 Å². The number of rotatable bonds is 5.